The number of methoxy groups -OCH3 is 1. The second-order valence-electron chi connectivity index (χ2n) is 8.45. The SMILES string of the molecule is CCOc1ccc(/C=C2\SC(=O)N(Cc3ccc(C(=O)Nc4cc(C(F)(F)F)ccc4Cl)cc3)C2=O)cc1OC. The van der Waals surface area contributed by atoms with Crippen LogP contribution in [0.3, 0.4) is 0 Å². The first-order chi connectivity index (χ1) is 19.0. The number of thioether (sulfide) groups is 1. The van der Waals surface area contributed by atoms with Gasteiger partial charge < -0.3 is 14.8 Å². The number of rotatable bonds is 8. The average Bonchev–Trinajstić information content (AvgIpc) is 3.17. The van der Waals surface area contributed by atoms with Crippen LogP contribution in [0.5, 0.6) is 11.5 Å². The molecule has 1 fully saturated rings. The summed E-state index contributed by atoms with van der Waals surface area (Å²) in [4.78, 5) is 39.5. The fourth-order valence-electron chi connectivity index (χ4n) is 3.77. The molecule has 1 aliphatic heterocycles. The van der Waals surface area contributed by atoms with Crippen molar-refractivity contribution in [1.29, 1.82) is 0 Å². The molecule has 3 aromatic carbocycles. The standard InChI is InChI=1S/C28H22ClF3N2O5S/c1-3-39-22-11-6-17(12-23(22)38-2)13-24-26(36)34(27(37)40-24)15-16-4-7-18(8-5-16)25(35)33-21-14-19(28(30,31)32)9-10-20(21)29/h4-14H,3,15H2,1-2H3,(H,33,35)/b24-13-. The number of halogens is 4. The first-order valence-corrected chi connectivity index (χ1v) is 13.0. The number of alkyl halides is 3. The molecule has 0 spiro atoms. The van der Waals surface area contributed by atoms with Gasteiger partial charge in [-0.25, -0.2) is 0 Å². The Labute approximate surface area is 236 Å². The Bertz CT molecular complexity index is 1490. The van der Waals surface area contributed by atoms with Crippen molar-refractivity contribution in [2.24, 2.45) is 0 Å². The molecule has 1 aliphatic rings. The summed E-state index contributed by atoms with van der Waals surface area (Å²) in [6.45, 7) is 2.28. The van der Waals surface area contributed by atoms with Crippen molar-refractivity contribution < 1.29 is 37.0 Å². The largest absolute Gasteiger partial charge is 0.493 e. The zero-order chi connectivity index (χ0) is 29.0. The van der Waals surface area contributed by atoms with Crippen molar-refractivity contribution in [3.63, 3.8) is 0 Å². The number of nitrogens with one attached hydrogen (secondary N) is 1. The highest BCUT2D eigenvalue weighted by molar-refractivity contribution is 8.18. The number of anilines is 1. The summed E-state index contributed by atoms with van der Waals surface area (Å²) in [6, 6.07) is 13.8. The van der Waals surface area contributed by atoms with Gasteiger partial charge in [-0.1, -0.05) is 29.8 Å². The third kappa shape index (κ3) is 6.60. The normalized spacial score (nSPS) is 14.6. The molecule has 0 unspecified atom stereocenters. The van der Waals surface area contributed by atoms with E-state index in [9.17, 15) is 27.6 Å². The van der Waals surface area contributed by atoms with Gasteiger partial charge in [-0.15, -0.1) is 0 Å². The molecule has 0 atom stereocenters. The highest BCUT2D eigenvalue weighted by atomic mass is 35.5. The molecule has 3 aromatic rings. The zero-order valence-electron chi connectivity index (χ0n) is 21.2. The third-order valence-electron chi connectivity index (χ3n) is 5.76. The Morgan fingerprint density at radius 1 is 1.05 bits per heavy atom. The molecule has 12 heteroatoms. The number of benzene rings is 3. The van der Waals surface area contributed by atoms with E-state index in [0.717, 1.165) is 34.9 Å². The van der Waals surface area contributed by atoms with E-state index in [0.29, 0.717) is 29.2 Å². The second kappa shape index (κ2) is 12.1. The van der Waals surface area contributed by atoms with Gasteiger partial charge in [-0.3, -0.25) is 19.3 Å². The number of carbonyl (C=O) groups excluding carboxylic acids is 3. The Balaban J connectivity index is 1.44. The molecule has 0 saturated carbocycles. The summed E-state index contributed by atoms with van der Waals surface area (Å²) in [6.07, 6.45) is -3.00. The number of hydrogen-bond acceptors (Lipinski definition) is 6. The molecule has 0 radical (unpaired) electrons. The van der Waals surface area contributed by atoms with E-state index in [4.69, 9.17) is 21.1 Å². The van der Waals surface area contributed by atoms with E-state index in [1.807, 2.05) is 6.92 Å². The molecular formula is C28H22ClF3N2O5S. The first kappa shape index (κ1) is 29.0. The molecular weight excluding hydrogens is 569 g/mol. The van der Waals surface area contributed by atoms with Crippen molar-refractivity contribution in [1.82, 2.24) is 4.90 Å². The average molecular weight is 591 g/mol. The first-order valence-electron chi connectivity index (χ1n) is 11.8. The molecule has 40 heavy (non-hydrogen) atoms. The van der Waals surface area contributed by atoms with Crippen LogP contribution in [0.1, 0.15) is 34.0 Å². The Hall–Kier alpha value is -3.96. The Kier molecular flexibility index (Phi) is 8.75. The molecule has 0 aromatic heterocycles. The van der Waals surface area contributed by atoms with Gasteiger partial charge in [0.15, 0.2) is 11.5 Å². The number of hydrogen-bond donors (Lipinski definition) is 1. The van der Waals surface area contributed by atoms with Crippen molar-refractivity contribution >= 4 is 52.2 Å². The summed E-state index contributed by atoms with van der Waals surface area (Å²) in [5.41, 5.74) is 0.244. The maximum Gasteiger partial charge on any atom is 0.416 e. The van der Waals surface area contributed by atoms with E-state index in [1.54, 1.807) is 36.4 Å². The van der Waals surface area contributed by atoms with E-state index in [-0.39, 0.29) is 27.7 Å². The van der Waals surface area contributed by atoms with E-state index < -0.39 is 28.8 Å². The third-order valence-corrected chi connectivity index (χ3v) is 6.99. The molecule has 0 aliphatic carbocycles. The van der Waals surface area contributed by atoms with Gasteiger partial charge >= 0.3 is 6.18 Å². The van der Waals surface area contributed by atoms with E-state index in [1.165, 1.54) is 19.2 Å². The number of carbonyl (C=O) groups is 3. The smallest absolute Gasteiger partial charge is 0.416 e. The lowest BCUT2D eigenvalue weighted by molar-refractivity contribution is -0.137. The zero-order valence-corrected chi connectivity index (χ0v) is 22.7. The fraction of sp³-hybridized carbons (Fsp3) is 0.179. The number of nitrogens with zero attached hydrogens (tertiary/aromatic N) is 1. The summed E-state index contributed by atoms with van der Waals surface area (Å²) < 4.78 is 49.9. The highest BCUT2D eigenvalue weighted by Gasteiger charge is 2.35. The molecule has 0 bridgehead atoms. The van der Waals surface area contributed by atoms with Crippen LogP contribution in [0.15, 0.2) is 65.6 Å². The summed E-state index contributed by atoms with van der Waals surface area (Å²) >= 11 is 6.76. The molecule has 7 nitrogen and oxygen atoms in total. The van der Waals surface area contributed by atoms with Crippen LogP contribution in [0.25, 0.3) is 6.08 Å². The van der Waals surface area contributed by atoms with Gasteiger partial charge in [0.1, 0.15) is 0 Å². The minimum Gasteiger partial charge on any atom is -0.493 e. The summed E-state index contributed by atoms with van der Waals surface area (Å²) in [5.74, 6) is -0.0869. The minimum absolute atomic E-state index is 0.0318. The summed E-state index contributed by atoms with van der Waals surface area (Å²) in [7, 11) is 1.50. The molecule has 1 heterocycles. The Morgan fingerprint density at radius 2 is 1.77 bits per heavy atom. The highest BCUT2D eigenvalue weighted by Crippen LogP contribution is 2.36. The van der Waals surface area contributed by atoms with Gasteiger partial charge in [0.25, 0.3) is 17.1 Å². The molecule has 208 valence electrons. The predicted molar refractivity (Wildman–Crippen MR) is 147 cm³/mol. The van der Waals surface area contributed by atoms with Crippen molar-refractivity contribution in [3.05, 3.63) is 92.8 Å². The monoisotopic (exact) mass is 590 g/mol. The van der Waals surface area contributed by atoms with Crippen LogP contribution in [0.4, 0.5) is 23.7 Å². The number of ether oxygens (including phenoxy) is 2. The maximum atomic E-state index is 13.0. The summed E-state index contributed by atoms with van der Waals surface area (Å²) in [5, 5.41) is 1.88. The topological polar surface area (TPSA) is 84.9 Å². The number of amides is 3. The van der Waals surface area contributed by atoms with Crippen LogP contribution in [-0.2, 0) is 17.5 Å². The predicted octanol–water partition coefficient (Wildman–Crippen LogP) is 7.25. The lowest BCUT2D eigenvalue weighted by atomic mass is 10.1. The van der Waals surface area contributed by atoms with Crippen molar-refractivity contribution in [3.8, 4) is 11.5 Å². The lowest BCUT2D eigenvalue weighted by Crippen LogP contribution is -2.27. The van der Waals surface area contributed by atoms with Gasteiger partial charge in [-0.2, -0.15) is 13.2 Å². The van der Waals surface area contributed by atoms with Crippen LogP contribution in [0.2, 0.25) is 5.02 Å². The van der Waals surface area contributed by atoms with Gasteiger partial charge in [0.05, 0.1) is 41.4 Å². The van der Waals surface area contributed by atoms with Gasteiger partial charge in [0.2, 0.25) is 0 Å². The molecule has 4 rings (SSSR count). The maximum absolute atomic E-state index is 13.0. The molecule has 3 amide bonds. The molecule has 1 N–H and O–H groups in total. The Morgan fingerprint density at radius 3 is 2.42 bits per heavy atom. The van der Waals surface area contributed by atoms with Crippen molar-refractivity contribution in [2.75, 3.05) is 19.0 Å². The second-order valence-corrected chi connectivity index (χ2v) is 9.85. The lowest BCUT2D eigenvalue weighted by Gasteiger charge is -2.14. The quantitative estimate of drug-likeness (QED) is 0.278. The minimum atomic E-state index is -4.59. The molecule has 1 saturated heterocycles. The van der Waals surface area contributed by atoms with Crippen molar-refractivity contribution in [2.45, 2.75) is 19.6 Å². The van der Waals surface area contributed by atoms with E-state index in [2.05, 4.69) is 5.32 Å². The van der Waals surface area contributed by atoms with Crippen LogP contribution in [0, 0.1) is 0 Å². The van der Waals surface area contributed by atoms with Crippen LogP contribution < -0.4 is 14.8 Å². The fourth-order valence-corrected chi connectivity index (χ4v) is 4.78. The number of imide groups is 1. The van der Waals surface area contributed by atoms with E-state index >= 15 is 0 Å². The van der Waals surface area contributed by atoms with Gasteiger partial charge in [-0.05, 0) is 78.4 Å². The van der Waals surface area contributed by atoms with Crippen LogP contribution in [-0.4, -0.2) is 35.7 Å². The van der Waals surface area contributed by atoms with Crippen LogP contribution >= 0.6 is 23.4 Å². The van der Waals surface area contributed by atoms with Gasteiger partial charge in [0, 0.05) is 5.56 Å².